The second-order valence-corrected chi connectivity index (χ2v) is 6.30. The molecule has 0 aromatic carbocycles. The van der Waals surface area contributed by atoms with Crippen LogP contribution >= 0.6 is 11.8 Å². The number of amides is 1. The Kier molecular flexibility index (Phi) is 6.15. The molecule has 0 aromatic rings. The predicted molar refractivity (Wildman–Crippen MR) is 83.1 cm³/mol. The molecule has 2 rings (SSSR count). The average Bonchev–Trinajstić information content (AvgIpc) is 2.52. The number of carbonyl (C=O) groups excluding carboxylic acids is 1. The lowest BCUT2D eigenvalue weighted by atomic mass is 9.94. The fraction of sp³-hybridized carbons (Fsp3) is 0.600. The van der Waals surface area contributed by atoms with Gasteiger partial charge in [0.25, 0.3) is 5.91 Å². The summed E-state index contributed by atoms with van der Waals surface area (Å²) in [5.41, 5.74) is 0.194. The fourth-order valence-corrected chi connectivity index (χ4v) is 3.78. The number of nitrogens with one attached hydrogen (secondary N) is 2. The van der Waals surface area contributed by atoms with Gasteiger partial charge in [0.05, 0.1) is 10.4 Å². The second-order valence-electron chi connectivity index (χ2n) is 5.15. The second kappa shape index (κ2) is 8.11. The smallest absolute Gasteiger partial charge is 0.265 e. The van der Waals surface area contributed by atoms with E-state index >= 15 is 0 Å². The molecule has 0 saturated heterocycles. The van der Waals surface area contributed by atoms with Gasteiger partial charge < -0.3 is 15.4 Å². The van der Waals surface area contributed by atoms with Gasteiger partial charge in [-0.1, -0.05) is 23.9 Å². The molecule has 2 aliphatic rings. The minimum atomic E-state index is -0.259. The standard InChI is InChI=1S/C15H21N3O2S/c1-20-9-5-8-17-15-12(10-16)13(19)18-14(21-15)11-6-3-2-4-7-11/h2-3,11,14,17H,4-9H2,1H3,(H,18,19)/t11-,14+/m0/s1. The van der Waals surface area contributed by atoms with Gasteiger partial charge in [0.15, 0.2) is 0 Å². The average molecular weight is 307 g/mol. The van der Waals surface area contributed by atoms with Gasteiger partial charge in [0.1, 0.15) is 11.6 Å². The predicted octanol–water partition coefficient (Wildman–Crippen LogP) is 1.89. The maximum atomic E-state index is 12.1. The monoisotopic (exact) mass is 307 g/mol. The first-order chi connectivity index (χ1) is 10.3. The van der Waals surface area contributed by atoms with Gasteiger partial charge in [0, 0.05) is 20.3 Å². The molecule has 6 heteroatoms. The zero-order valence-electron chi connectivity index (χ0n) is 12.2. The van der Waals surface area contributed by atoms with Crippen molar-refractivity contribution in [2.45, 2.75) is 31.1 Å². The molecule has 2 N–H and O–H groups in total. The van der Waals surface area contributed by atoms with Crippen LogP contribution in [0.1, 0.15) is 25.7 Å². The number of rotatable bonds is 6. The van der Waals surface area contributed by atoms with Crippen molar-refractivity contribution in [2.75, 3.05) is 20.3 Å². The molecule has 0 fully saturated rings. The van der Waals surface area contributed by atoms with Gasteiger partial charge in [-0.15, -0.1) is 0 Å². The van der Waals surface area contributed by atoms with Crippen molar-refractivity contribution >= 4 is 17.7 Å². The van der Waals surface area contributed by atoms with E-state index in [1.165, 1.54) is 0 Å². The summed E-state index contributed by atoms with van der Waals surface area (Å²) in [6, 6.07) is 2.01. The minimum Gasteiger partial charge on any atom is -0.385 e. The summed E-state index contributed by atoms with van der Waals surface area (Å²) in [5.74, 6) is 0.171. The number of carbonyl (C=O) groups is 1. The van der Waals surface area contributed by atoms with Crippen LogP contribution in [0, 0.1) is 17.2 Å². The van der Waals surface area contributed by atoms with E-state index in [4.69, 9.17) is 4.74 Å². The summed E-state index contributed by atoms with van der Waals surface area (Å²) >= 11 is 1.57. The lowest BCUT2D eigenvalue weighted by molar-refractivity contribution is -0.117. The zero-order chi connectivity index (χ0) is 15.1. The van der Waals surface area contributed by atoms with E-state index in [1.54, 1.807) is 18.9 Å². The molecule has 0 radical (unpaired) electrons. The fourth-order valence-electron chi connectivity index (χ4n) is 2.48. The van der Waals surface area contributed by atoms with Crippen molar-refractivity contribution in [2.24, 2.45) is 5.92 Å². The molecule has 1 heterocycles. The van der Waals surface area contributed by atoms with E-state index in [1.807, 2.05) is 6.07 Å². The summed E-state index contributed by atoms with van der Waals surface area (Å²) < 4.78 is 5.01. The highest BCUT2D eigenvalue weighted by molar-refractivity contribution is 8.03. The molecule has 0 spiro atoms. The van der Waals surface area contributed by atoms with Crippen molar-refractivity contribution in [3.8, 4) is 6.07 Å². The van der Waals surface area contributed by atoms with E-state index in [0.717, 1.165) is 25.7 Å². The first-order valence-corrected chi connectivity index (χ1v) is 8.14. The van der Waals surface area contributed by atoms with Crippen LogP contribution in [0.25, 0.3) is 0 Å². The number of thioether (sulfide) groups is 1. The van der Waals surface area contributed by atoms with Crippen molar-refractivity contribution < 1.29 is 9.53 Å². The number of nitrogens with zero attached hydrogens (tertiary/aromatic N) is 1. The molecule has 1 amide bonds. The quantitative estimate of drug-likeness (QED) is 0.579. The third-order valence-electron chi connectivity index (χ3n) is 3.63. The van der Waals surface area contributed by atoms with E-state index in [9.17, 15) is 10.1 Å². The molecule has 0 unspecified atom stereocenters. The van der Waals surface area contributed by atoms with Crippen LogP contribution in [-0.2, 0) is 9.53 Å². The van der Waals surface area contributed by atoms with Crippen LogP contribution in [0.3, 0.4) is 0 Å². The Hall–Kier alpha value is -1.45. The molecule has 0 saturated carbocycles. The third-order valence-corrected chi connectivity index (χ3v) is 4.97. The lowest BCUT2D eigenvalue weighted by Crippen LogP contribution is -2.43. The Balaban J connectivity index is 2.01. The van der Waals surface area contributed by atoms with Crippen LogP contribution in [0.5, 0.6) is 0 Å². The maximum absolute atomic E-state index is 12.1. The Morgan fingerprint density at radius 1 is 1.57 bits per heavy atom. The lowest BCUT2D eigenvalue weighted by Gasteiger charge is -2.32. The summed E-state index contributed by atoms with van der Waals surface area (Å²) in [4.78, 5) is 12.1. The van der Waals surface area contributed by atoms with Crippen LogP contribution in [0.4, 0.5) is 0 Å². The molecule has 0 aromatic heterocycles. The first-order valence-electron chi connectivity index (χ1n) is 7.26. The van der Waals surface area contributed by atoms with Gasteiger partial charge in [-0.25, -0.2) is 0 Å². The van der Waals surface area contributed by atoms with E-state index in [2.05, 4.69) is 22.8 Å². The van der Waals surface area contributed by atoms with Crippen molar-refractivity contribution in [1.82, 2.24) is 10.6 Å². The van der Waals surface area contributed by atoms with E-state index in [0.29, 0.717) is 24.1 Å². The molecule has 2 atom stereocenters. The third kappa shape index (κ3) is 4.26. The highest BCUT2D eigenvalue weighted by Gasteiger charge is 2.32. The van der Waals surface area contributed by atoms with Gasteiger partial charge >= 0.3 is 0 Å². The Morgan fingerprint density at radius 3 is 3.10 bits per heavy atom. The highest BCUT2D eigenvalue weighted by atomic mass is 32.2. The normalized spacial score (nSPS) is 25.4. The van der Waals surface area contributed by atoms with Gasteiger partial charge in [-0.05, 0) is 31.6 Å². The largest absolute Gasteiger partial charge is 0.385 e. The molecule has 5 nitrogen and oxygen atoms in total. The van der Waals surface area contributed by atoms with Crippen molar-refractivity contribution in [3.05, 3.63) is 22.8 Å². The maximum Gasteiger partial charge on any atom is 0.265 e. The van der Waals surface area contributed by atoms with E-state index < -0.39 is 0 Å². The van der Waals surface area contributed by atoms with Crippen LogP contribution < -0.4 is 10.6 Å². The van der Waals surface area contributed by atoms with Crippen LogP contribution in [0.2, 0.25) is 0 Å². The number of allylic oxidation sites excluding steroid dienone is 2. The summed E-state index contributed by atoms with van der Waals surface area (Å²) in [7, 11) is 1.66. The molecule has 21 heavy (non-hydrogen) atoms. The Bertz CT molecular complexity index is 482. The molecule has 0 bridgehead atoms. The molecule has 1 aliphatic heterocycles. The Labute approximate surface area is 129 Å². The zero-order valence-corrected chi connectivity index (χ0v) is 13.0. The van der Waals surface area contributed by atoms with Gasteiger partial charge in [0.2, 0.25) is 0 Å². The van der Waals surface area contributed by atoms with Crippen LogP contribution in [0.15, 0.2) is 22.8 Å². The minimum absolute atomic E-state index is 0.0458. The number of nitriles is 1. The summed E-state index contributed by atoms with van der Waals surface area (Å²) in [5, 5.41) is 16.1. The number of ether oxygens (including phenoxy) is 1. The van der Waals surface area contributed by atoms with Crippen molar-refractivity contribution in [1.29, 1.82) is 5.26 Å². The number of hydrogen-bond acceptors (Lipinski definition) is 5. The van der Waals surface area contributed by atoms with Gasteiger partial charge in [-0.2, -0.15) is 5.26 Å². The molecule has 1 aliphatic carbocycles. The van der Waals surface area contributed by atoms with E-state index in [-0.39, 0.29) is 16.9 Å². The Morgan fingerprint density at radius 2 is 2.43 bits per heavy atom. The van der Waals surface area contributed by atoms with Crippen LogP contribution in [-0.4, -0.2) is 31.5 Å². The van der Waals surface area contributed by atoms with Gasteiger partial charge in [-0.3, -0.25) is 4.79 Å². The SMILES string of the molecule is COCCCNC1=C(C#N)C(=O)N[C@@H]([C@H]2CC=CCC2)S1. The molecular formula is C15H21N3O2S. The highest BCUT2D eigenvalue weighted by Crippen LogP contribution is 2.35. The molecule has 114 valence electrons. The number of hydrogen-bond donors (Lipinski definition) is 2. The van der Waals surface area contributed by atoms with Crippen molar-refractivity contribution in [3.63, 3.8) is 0 Å². The first kappa shape index (κ1) is 15.9. The topological polar surface area (TPSA) is 74.1 Å². The number of methoxy groups -OCH3 is 1. The molecular weight excluding hydrogens is 286 g/mol. The summed E-state index contributed by atoms with van der Waals surface area (Å²) in [6.45, 7) is 1.36. The summed E-state index contributed by atoms with van der Waals surface area (Å²) in [6.07, 6.45) is 8.33.